The molecule has 1 heterocycles. The molecule has 0 bridgehead atoms. The summed E-state index contributed by atoms with van der Waals surface area (Å²) in [5.74, 6) is 0.919. The first-order chi connectivity index (χ1) is 24.7. The lowest BCUT2D eigenvalue weighted by Gasteiger charge is -2.38. The Hall–Kier alpha value is -3.51. The zero-order valence-corrected chi connectivity index (χ0v) is 31.3. The molecule has 1 atom stereocenters. The van der Waals surface area contributed by atoms with E-state index in [1.165, 1.54) is 7.05 Å². The van der Waals surface area contributed by atoms with Crippen molar-refractivity contribution in [2.75, 3.05) is 53.9 Å². The van der Waals surface area contributed by atoms with Gasteiger partial charge in [0.25, 0.3) is 0 Å². The molecule has 1 fully saturated rings. The second kappa shape index (κ2) is 18.8. The molecule has 51 heavy (non-hydrogen) atoms. The van der Waals surface area contributed by atoms with Crippen LogP contribution in [0.4, 0.5) is 4.79 Å². The molecule has 10 nitrogen and oxygen atoms in total. The van der Waals surface area contributed by atoms with Crippen molar-refractivity contribution in [3.8, 4) is 11.5 Å². The second-order valence-corrected chi connectivity index (χ2v) is 13.6. The molecule has 13 heteroatoms. The summed E-state index contributed by atoms with van der Waals surface area (Å²) in [6, 6.07) is 17.1. The maximum absolute atomic E-state index is 14.2. The Bertz CT molecular complexity index is 1680. The highest BCUT2D eigenvalue weighted by molar-refractivity contribution is 6.37. The molecule has 2 aliphatic rings. The maximum Gasteiger partial charge on any atom is 0.406 e. The topological polar surface area (TPSA) is 108 Å². The number of alkyl carbamates (subject to hydrolysis) is 1. The van der Waals surface area contributed by atoms with E-state index in [-0.39, 0.29) is 45.1 Å². The number of hydrogen-bond acceptors (Lipinski definition) is 8. The molecule has 2 amide bonds. The van der Waals surface area contributed by atoms with Crippen molar-refractivity contribution < 1.29 is 33.3 Å². The second-order valence-electron chi connectivity index (χ2n) is 12.4. The van der Waals surface area contributed by atoms with E-state index in [0.717, 1.165) is 47.2 Å². The molecule has 1 aliphatic carbocycles. The Morgan fingerprint density at radius 3 is 2.33 bits per heavy atom. The molecule has 1 unspecified atom stereocenters. The molecule has 0 aromatic heterocycles. The number of ether oxygens (including phenoxy) is 5. The minimum absolute atomic E-state index is 0.128. The van der Waals surface area contributed by atoms with Gasteiger partial charge in [0.2, 0.25) is 5.91 Å². The van der Waals surface area contributed by atoms with Crippen molar-refractivity contribution in [3.05, 3.63) is 97.5 Å². The average Bonchev–Trinajstić information content (AvgIpc) is 3.96. The van der Waals surface area contributed by atoms with Crippen molar-refractivity contribution in [1.82, 2.24) is 15.5 Å². The number of amides is 2. The number of nitrogens with one attached hydrogen (secondary N) is 2. The monoisotopic (exact) mass is 759 g/mol. The Morgan fingerprint density at radius 2 is 1.65 bits per heavy atom. The van der Waals surface area contributed by atoms with Crippen molar-refractivity contribution in [2.45, 2.75) is 51.2 Å². The first-order valence-electron chi connectivity index (χ1n) is 17.0. The molecule has 0 spiro atoms. The number of nitrogens with zero attached hydrogens (tertiary/aromatic N) is 1. The summed E-state index contributed by atoms with van der Waals surface area (Å²) in [5.41, 5.74) is 5.22. The van der Waals surface area contributed by atoms with Crippen LogP contribution in [0.3, 0.4) is 0 Å². The van der Waals surface area contributed by atoms with Gasteiger partial charge in [0.05, 0.1) is 29.3 Å². The zero-order chi connectivity index (χ0) is 36.3. The van der Waals surface area contributed by atoms with Crippen LogP contribution in [-0.4, -0.2) is 82.9 Å². The van der Waals surface area contributed by atoms with Crippen LogP contribution < -0.4 is 20.1 Å². The predicted octanol–water partition coefficient (Wildman–Crippen LogP) is 7.24. The number of carbonyl (C=O) groups is 2. The molecule has 0 saturated heterocycles. The minimum atomic E-state index is -0.487. The van der Waals surface area contributed by atoms with Gasteiger partial charge in [0, 0.05) is 50.3 Å². The van der Waals surface area contributed by atoms with Gasteiger partial charge in [-0.2, -0.15) is 0 Å². The quantitative estimate of drug-likeness (QED) is 0.110. The van der Waals surface area contributed by atoms with Gasteiger partial charge in [0.15, 0.2) is 5.75 Å². The standard InChI is InChI=1S/C38H44Cl3N3O7/c1-24-18-32(40)36(33(41)19-24)50-17-16-49-29-9-5-26(6-10-29)30-12-14-44(28-7-8-28)34(22-48-23-47-3)35(30)37(45)43-21-27-20-25(4-11-31(27)39)13-15-51-38(46)42-2/h4-6,9-11,18-20,28,34H,7-8,12-17,21-23H2,1-3H3,(H,42,46)(H,43,45). The normalized spacial score (nSPS) is 16.2. The maximum atomic E-state index is 14.2. The third kappa shape index (κ3) is 10.8. The lowest BCUT2D eigenvalue weighted by molar-refractivity contribution is -0.119. The summed E-state index contributed by atoms with van der Waals surface area (Å²) in [5, 5.41) is 7.03. The fourth-order valence-electron chi connectivity index (χ4n) is 6.16. The van der Waals surface area contributed by atoms with Crippen LogP contribution >= 0.6 is 34.8 Å². The van der Waals surface area contributed by atoms with Gasteiger partial charge in [-0.3, -0.25) is 9.69 Å². The molecule has 1 saturated carbocycles. The van der Waals surface area contributed by atoms with Crippen molar-refractivity contribution >= 4 is 52.4 Å². The van der Waals surface area contributed by atoms with Crippen LogP contribution in [0.5, 0.6) is 11.5 Å². The molecule has 1 aliphatic heterocycles. The highest BCUT2D eigenvalue weighted by Crippen LogP contribution is 2.39. The van der Waals surface area contributed by atoms with Crippen molar-refractivity contribution in [1.29, 1.82) is 0 Å². The summed E-state index contributed by atoms with van der Waals surface area (Å²) in [4.78, 5) is 28.1. The van der Waals surface area contributed by atoms with Gasteiger partial charge < -0.3 is 34.3 Å². The summed E-state index contributed by atoms with van der Waals surface area (Å²) in [7, 11) is 3.10. The molecule has 3 aromatic carbocycles. The third-order valence-corrected chi connectivity index (χ3v) is 9.67. The largest absolute Gasteiger partial charge is 0.490 e. The van der Waals surface area contributed by atoms with Crippen LogP contribution in [0.25, 0.3) is 5.57 Å². The number of rotatable bonds is 17. The first-order valence-corrected chi connectivity index (χ1v) is 18.1. The number of aryl methyl sites for hydroxylation is 1. The number of hydrogen-bond donors (Lipinski definition) is 2. The Morgan fingerprint density at radius 1 is 0.922 bits per heavy atom. The van der Waals surface area contributed by atoms with E-state index in [2.05, 4.69) is 15.5 Å². The van der Waals surface area contributed by atoms with E-state index < -0.39 is 6.09 Å². The molecule has 3 aromatic rings. The van der Waals surface area contributed by atoms with Crippen LogP contribution in [0.2, 0.25) is 15.1 Å². The zero-order valence-electron chi connectivity index (χ0n) is 29.1. The van der Waals surface area contributed by atoms with Crippen LogP contribution in [0, 0.1) is 6.92 Å². The van der Waals surface area contributed by atoms with Gasteiger partial charge >= 0.3 is 6.09 Å². The van der Waals surface area contributed by atoms with Gasteiger partial charge in [-0.05, 0) is 84.3 Å². The fraction of sp³-hybridized carbons (Fsp3) is 0.421. The molecule has 5 rings (SSSR count). The molecule has 274 valence electrons. The van der Waals surface area contributed by atoms with Crippen LogP contribution in [0.1, 0.15) is 41.5 Å². The summed E-state index contributed by atoms with van der Waals surface area (Å²) in [6.07, 6.45) is 2.91. The summed E-state index contributed by atoms with van der Waals surface area (Å²) >= 11 is 19.2. The van der Waals surface area contributed by atoms with Gasteiger partial charge in [0.1, 0.15) is 25.8 Å². The van der Waals surface area contributed by atoms with E-state index in [1.54, 1.807) is 25.3 Å². The Balaban J connectivity index is 1.31. The average molecular weight is 761 g/mol. The molecule has 2 N–H and O–H groups in total. The first kappa shape index (κ1) is 38.7. The van der Waals surface area contributed by atoms with Crippen LogP contribution in [-0.2, 0) is 32.0 Å². The number of carbonyl (C=O) groups excluding carboxylic acids is 2. The Kier molecular flexibility index (Phi) is 14.3. The smallest absolute Gasteiger partial charge is 0.406 e. The highest BCUT2D eigenvalue weighted by Gasteiger charge is 2.41. The van der Waals surface area contributed by atoms with E-state index in [4.69, 9.17) is 58.5 Å². The van der Waals surface area contributed by atoms with E-state index in [0.29, 0.717) is 57.6 Å². The number of benzene rings is 3. The molecule has 0 radical (unpaired) electrons. The van der Waals surface area contributed by atoms with Crippen molar-refractivity contribution in [2.24, 2.45) is 0 Å². The van der Waals surface area contributed by atoms with E-state index in [1.807, 2.05) is 43.3 Å². The Labute approximate surface area is 314 Å². The predicted molar refractivity (Wildman–Crippen MR) is 199 cm³/mol. The number of halogens is 3. The van der Waals surface area contributed by atoms with Gasteiger partial charge in [-0.15, -0.1) is 0 Å². The molecular formula is C38H44Cl3N3O7. The summed E-state index contributed by atoms with van der Waals surface area (Å²) < 4.78 is 28.0. The molecular weight excluding hydrogens is 717 g/mol. The van der Waals surface area contributed by atoms with Crippen molar-refractivity contribution in [3.63, 3.8) is 0 Å². The van der Waals surface area contributed by atoms with Gasteiger partial charge in [-0.25, -0.2) is 4.79 Å². The van der Waals surface area contributed by atoms with Gasteiger partial charge in [-0.1, -0.05) is 59.1 Å². The van der Waals surface area contributed by atoms with Crippen LogP contribution in [0.15, 0.2) is 60.2 Å². The number of methoxy groups -OCH3 is 1. The lowest BCUT2D eigenvalue weighted by atomic mass is 9.87. The minimum Gasteiger partial charge on any atom is -0.490 e. The highest BCUT2D eigenvalue weighted by atomic mass is 35.5. The summed E-state index contributed by atoms with van der Waals surface area (Å²) in [6.45, 7) is 4.16. The van der Waals surface area contributed by atoms with E-state index >= 15 is 0 Å². The SMILES string of the molecule is CNC(=O)OCCc1ccc(Cl)c(CNC(=O)C2=C(c3ccc(OCCOc4c(Cl)cc(C)cc4Cl)cc3)CCN(C3CC3)C2COCOC)c1. The fourth-order valence-corrected chi connectivity index (χ4v) is 7.05. The third-order valence-electron chi connectivity index (χ3n) is 8.74. The van der Waals surface area contributed by atoms with E-state index in [9.17, 15) is 9.59 Å². The lowest BCUT2D eigenvalue weighted by Crippen LogP contribution is -2.49.